The molecule has 1 heterocycles. The van der Waals surface area contributed by atoms with Crippen LogP contribution in [0, 0.1) is 0 Å². The molecule has 18 heavy (non-hydrogen) atoms. The number of carbonyl (C=O) groups excluding carboxylic acids is 2. The zero-order valence-electron chi connectivity index (χ0n) is 10.0. The molecule has 6 nitrogen and oxygen atoms in total. The third-order valence-electron chi connectivity index (χ3n) is 1.95. The van der Waals surface area contributed by atoms with Gasteiger partial charge in [-0.15, -0.1) is 0 Å². The van der Waals surface area contributed by atoms with E-state index < -0.39 is 11.9 Å². The fourth-order valence-electron chi connectivity index (χ4n) is 1.20. The molecule has 0 saturated heterocycles. The van der Waals surface area contributed by atoms with E-state index in [0.717, 1.165) is 0 Å². The lowest BCUT2D eigenvalue weighted by Crippen LogP contribution is -2.31. The normalized spacial score (nSPS) is 9.72. The molecule has 0 fully saturated rings. The van der Waals surface area contributed by atoms with Gasteiger partial charge in [-0.2, -0.15) is 0 Å². The minimum absolute atomic E-state index is 0.116. The summed E-state index contributed by atoms with van der Waals surface area (Å²) in [6.45, 7) is 1.77. The summed E-state index contributed by atoms with van der Waals surface area (Å²) in [4.78, 5) is 26.8. The first-order chi connectivity index (χ1) is 8.58. The van der Waals surface area contributed by atoms with E-state index in [-0.39, 0.29) is 18.8 Å². The van der Waals surface area contributed by atoms with Gasteiger partial charge in [-0.3, -0.25) is 9.59 Å². The standard InChI is InChI=1S/C11H13BrN2O4/c1-3-18-9(15)6-14-11(16)10-8(17-2)4-7(12)5-13-10/h4-5H,3,6H2,1-2H3,(H,14,16). The zero-order chi connectivity index (χ0) is 13.5. The molecule has 1 aromatic heterocycles. The second-order valence-corrected chi connectivity index (χ2v) is 4.11. The fraction of sp³-hybridized carbons (Fsp3) is 0.364. The van der Waals surface area contributed by atoms with Crippen LogP contribution in [0.3, 0.4) is 0 Å². The molecule has 1 N–H and O–H groups in total. The lowest BCUT2D eigenvalue weighted by atomic mass is 10.3. The molecule has 0 atom stereocenters. The van der Waals surface area contributed by atoms with E-state index in [2.05, 4.69) is 26.2 Å². The highest BCUT2D eigenvalue weighted by Crippen LogP contribution is 2.20. The van der Waals surface area contributed by atoms with Crippen LogP contribution in [0.4, 0.5) is 0 Å². The lowest BCUT2D eigenvalue weighted by molar-refractivity contribution is -0.141. The summed E-state index contributed by atoms with van der Waals surface area (Å²) in [5.74, 6) is -0.667. The highest BCUT2D eigenvalue weighted by molar-refractivity contribution is 9.10. The summed E-state index contributed by atoms with van der Waals surface area (Å²) in [6.07, 6.45) is 1.47. The Kier molecular flexibility index (Phi) is 5.57. The second kappa shape index (κ2) is 6.95. The number of pyridine rings is 1. The van der Waals surface area contributed by atoms with Crippen LogP contribution >= 0.6 is 15.9 Å². The molecule has 0 bridgehead atoms. The van der Waals surface area contributed by atoms with Gasteiger partial charge in [0.15, 0.2) is 11.4 Å². The van der Waals surface area contributed by atoms with Crippen molar-refractivity contribution < 1.29 is 19.1 Å². The molecular formula is C11H13BrN2O4. The number of ether oxygens (including phenoxy) is 2. The van der Waals surface area contributed by atoms with Crippen LogP contribution in [0.5, 0.6) is 5.75 Å². The molecule has 0 unspecified atom stereocenters. The zero-order valence-corrected chi connectivity index (χ0v) is 11.6. The maximum atomic E-state index is 11.8. The molecule has 0 aromatic carbocycles. The van der Waals surface area contributed by atoms with Gasteiger partial charge in [0.2, 0.25) is 0 Å². The number of aromatic nitrogens is 1. The van der Waals surface area contributed by atoms with Gasteiger partial charge in [-0.1, -0.05) is 0 Å². The monoisotopic (exact) mass is 316 g/mol. The predicted octanol–water partition coefficient (Wildman–Crippen LogP) is 1.15. The second-order valence-electron chi connectivity index (χ2n) is 3.19. The first kappa shape index (κ1) is 14.4. The van der Waals surface area contributed by atoms with Gasteiger partial charge < -0.3 is 14.8 Å². The predicted molar refractivity (Wildman–Crippen MR) is 67.5 cm³/mol. The molecule has 1 rings (SSSR count). The number of carbonyl (C=O) groups is 2. The number of hydrogen-bond donors (Lipinski definition) is 1. The highest BCUT2D eigenvalue weighted by Gasteiger charge is 2.15. The Morgan fingerprint density at radius 1 is 1.50 bits per heavy atom. The van der Waals surface area contributed by atoms with E-state index in [1.54, 1.807) is 13.0 Å². The highest BCUT2D eigenvalue weighted by atomic mass is 79.9. The number of halogens is 1. The fourth-order valence-corrected chi connectivity index (χ4v) is 1.51. The lowest BCUT2D eigenvalue weighted by Gasteiger charge is -2.08. The van der Waals surface area contributed by atoms with Gasteiger partial charge in [0, 0.05) is 10.7 Å². The minimum Gasteiger partial charge on any atom is -0.494 e. The number of nitrogens with one attached hydrogen (secondary N) is 1. The number of hydrogen-bond acceptors (Lipinski definition) is 5. The van der Waals surface area contributed by atoms with Crippen LogP contribution in [-0.4, -0.2) is 37.1 Å². The first-order valence-electron chi connectivity index (χ1n) is 5.21. The summed E-state index contributed by atoms with van der Waals surface area (Å²) in [5, 5.41) is 2.41. The van der Waals surface area contributed by atoms with Crippen molar-refractivity contribution in [3.63, 3.8) is 0 Å². The largest absolute Gasteiger partial charge is 0.494 e. The average Bonchev–Trinajstić information content (AvgIpc) is 2.36. The average molecular weight is 317 g/mol. The molecular weight excluding hydrogens is 304 g/mol. The third kappa shape index (κ3) is 3.99. The minimum atomic E-state index is -0.498. The Labute approximate surface area is 113 Å². The van der Waals surface area contributed by atoms with Gasteiger partial charge in [0.05, 0.1) is 13.7 Å². The van der Waals surface area contributed by atoms with Crippen LogP contribution in [0.1, 0.15) is 17.4 Å². The Morgan fingerprint density at radius 3 is 2.83 bits per heavy atom. The molecule has 0 spiro atoms. The van der Waals surface area contributed by atoms with Gasteiger partial charge in [-0.05, 0) is 28.9 Å². The molecule has 0 aliphatic heterocycles. The molecule has 0 saturated carbocycles. The van der Waals surface area contributed by atoms with Crippen molar-refractivity contribution in [2.75, 3.05) is 20.3 Å². The first-order valence-corrected chi connectivity index (χ1v) is 6.01. The summed E-state index contributed by atoms with van der Waals surface area (Å²) in [7, 11) is 1.44. The van der Waals surface area contributed by atoms with E-state index in [9.17, 15) is 9.59 Å². The maximum Gasteiger partial charge on any atom is 0.325 e. The summed E-state index contributed by atoms with van der Waals surface area (Å²) in [6, 6.07) is 1.62. The van der Waals surface area contributed by atoms with Crippen molar-refractivity contribution >= 4 is 27.8 Å². The molecule has 0 aliphatic carbocycles. The van der Waals surface area contributed by atoms with Gasteiger partial charge in [0.25, 0.3) is 5.91 Å². The molecule has 1 aromatic rings. The Bertz CT molecular complexity index is 451. The topological polar surface area (TPSA) is 77.5 Å². The van der Waals surface area contributed by atoms with E-state index >= 15 is 0 Å². The van der Waals surface area contributed by atoms with Crippen molar-refractivity contribution in [3.8, 4) is 5.75 Å². The van der Waals surface area contributed by atoms with Crippen LogP contribution in [0.25, 0.3) is 0 Å². The Morgan fingerprint density at radius 2 is 2.22 bits per heavy atom. The smallest absolute Gasteiger partial charge is 0.325 e. The number of methoxy groups -OCH3 is 1. The summed E-state index contributed by atoms with van der Waals surface area (Å²) >= 11 is 3.22. The van der Waals surface area contributed by atoms with E-state index in [1.165, 1.54) is 13.3 Å². The van der Waals surface area contributed by atoms with Crippen LogP contribution in [0.2, 0.25) is 0 Å². The molecule has 7 heteroatoms. The van der Waals surface area contributed by atoms with Crippen molar-refractivity contribution in [3.05, 3.63) is 22.4 Å². The van der Waals surface area contributed by atoms with Crippen LogP contribution < -0.4 is 10.1 Å². The number of esters is 1. The van der Waals surface area contributed by atoms with Crippen molar-refractivity contribution in [2.24, 2.45) is 0 Å². The summed E-state index contributed by atoms with van der Waals surface area (Å²) in [5.41, 5.74) is 0.116. The van der Waals surface area contributed by atoms with Crippen LogP contribution in [-0.2, 0) is 9.53 Å². The SMILES string of the molecule is CCOC(=O)CNC(=O)c1ncc(Br)cc1OC. The van der Waals surface area contributed by atoms with E-state index in [0.29, 0.717) is 10.2 Å². The van der Waals surface area contributed by atoms with E-state index in [1.807, 2.05) is 0 Å². The molecule has 1 amide bonds. The Balaban J connectivity index is 2.69. The van der Waals surface area contributed by atoms with Crippen molar-refractivity contribution in [1.29, 1.82) is 0 Å². The Hall–Kier alpha value is -1.63. The van der Waals surface area contributed by atoms with Crippen LogP contribution in [0.15, 0.2) is 16.7 Å². The maximum absolute atomic E-state index is 11.8. The number of rotatable bonds is 5. The van der Waals surface area contributed by atoms with Crippen molar-refractivity contribution in [1.82, 2.24) is 10.3 Å². The number of nitrogens with zero attached hydrogens (tertiary/aromatic N) is 1. The summed E-state index contributed by atoms with van der Waals surface area (Å²) < 4.78 is 10.4. The van der Waals surface area contributed by atoms with E-state index in [4.69, 9.17) is 9.47 Å². The van der Waals surface area contributed by atoms with Gasteiger partial charge >= 0.3 is 5.97 Å². The quantitative estimate of drug-likeness (QED) is 0.824. The van der Waals surface area contributed by atoms with Gasteiger partial charge in [-0.25, -0.2) is 4.98 Å². The third-order valence-corrected chi connectivity index (χ3v) is 2.39. The molecule has 0 aliphatic rings. The molecule has 98 valence electrons. The molecule has 0 radical (unpaired) electrons. The van der Waals surface area contributed by atoms with Gasteiger partial charge in [0.1, 0.15) is 6.54 Å². The van der Waals surface area contributed by atoms with Crippen molar-refractivity contribution in [2.45, 2.75) is 6.92 Å². The number of amides is 1.